The Morgan fingerprint density at radius 1 is 1.33 bits per heavy atom. The molecule has 27 heavy (non-hydrogen) atoms. The van der Waals surface area contributed by atoms with Crippen LogP contribution in [0.15, 0.2) is 35.2 Å². The predicted octanol–water partition coefficient (Wildman–Crippen LogP) is 2.84. The average Bonchev–Trinajstić information content (AvgIpc) is 3.33. The molecule has 1 fully saturated rings. The van der Waals surface area contributed by atoms with Gasteiger partial charge in [-0.2, -0.15) is 0 Å². The highest BCUT2D eigenvalue weighted by Crippen LogP contribution is 2.24. The van der Waals surface area contributed by atoms with E-state index in [9.17, 15) is 4.79 Å². The van der Waals surface area contributed by atoms with Gasteiger partial charge < -0.3 is 14.5 Å². The summed E-state index contributed by atoms with van der Waals surface area (Å²) >= 11 is 0. The minimum absolute atomic E-state index is 0. The molecule has 2 aromatic heterocycles. The summed E-state index contributed by atoms with van der Waals surface area (Å²) < 4.78 is 10.6. The first-order valence-corrected chi connectivity index (χ1v) is 8.86. The zero-order valence-electron chi connectivity index (χ0n) is 15.1. The lowest BCUT2D eigenvalue weighted by Gasteiger charge is -2.31. The van der Waals surface area contributed by atoms with Crippen LogP contribution < -0.4 is 5.32 Å². The van der Waals surface area contributed by atoms with E-state index in [0.29, 0.717) is 18.2 Å². The molecule has 4 rings (SSSR count). The van der Waals surface area contributed by atoms with Crippen LogP contribution in [0.1, 0.15) is 33.7 Å². The third-order valence-electron chi connectivity index (χ3n) is 5.03. The van der Waals surface area contributed by atoms with Gasteiger partial charge in [0.05, 0.1) is 12.9 Å². The summed E-state index contributed by atoms with van der Waals surface area (Å²) in [6.45, 7) is 5.34. The zero-order valence-corrected chi connectivity index (χ0v) is 16.7. The maximum atomic E-state index is 12.0. The van der Waals surface area contributed by atoms with Gasteiger partial charge in [-0.05, 0) is 47.6 Å². The van der Waals surface area contributed by atoms with E-state index in [1.54, 1.807) is 12.1 Å². The molecular formula is C19H25Cl2N3O3. The average molecular weight is 414 g/mol. The number of carbonyl (C=O) groups is 1. The summed E-state index contributed by atoms with van der Waals surface area (Å²) in [6.07, 6.45) is 7.49. The second-order valence-corrected chi connectivity index (χ2v) is 6.81. The highest BCUT2D eigenvalue weighted by atomic mass is 35.5. The molecule has 0 aromatic carbocycles. The predicted molar refractivity (Wildman–Crippen MR) is 107 cm³/mol. The molecule has 8 heteroatoms. The van der Waals surface area contributed by atoms with Crippen LogP contribution in [0.4, 0.5) is 0 Å². The number of halogens is 2. The van der Waals surface area contributed by atoms with Crippen molar-refractivity contribution in [2.45, 2.75) is 25.9 Å². The van der Waals surface area contributed by atoms with Gasteiger partial charge in [0, 0.05) is 45.2 Å². The van der Waals surface area contributed by atoms with E-state index in [1.165, 1.54) is 23.8 Å². The number of amides is 1. The van der Waals surface area contributed by atoms with E-state index in [2.05, 4.69) is 15.2 Å². The summed E-state index contributed by atoms with van der Waals surface area (Å²) in [4.78, 5) is 18.9. The molecule has 0 radical (unpaired) electrons. The van der Waals surface area contributed by atoms with Crippen molar-refractivity contribution in [3.8, 4) is 0 Å². The van der Waals surface area contributed by atoms with Gasteiger partial charge in [-0.25, -0.2) is 0 Å². The van der Waals surface area contributed by atoms with Crippen LogP contribution in [-0.2, 0) is 24.2 Å². The minimum Gasteiger partial charge on any atom is -0.459 e. The van der Waals surface area contributed by atoms with Crippen LogP contribution >= 0.6 is 24.8 Å². The second-order valence-electron chi connectivity index (χ2n) is 6.81. The van der Waals surface area contributed by atoms with Crippen molar-refractivity contribution in [3.05, 3.63) is 53.2 Å². The van der Waals surface area contributed by atoms with Gasteiger partial charge in [0.2, 0.25) is 0 Å². The zero-order chi connectivity index (χ0) is 17.1. The number of pyridine rings is 1. The van der Waals surface area contributed by atoms with Gasteiger partial charge in [-0.15, -0.1) is 24.8 Å². The van der Waals surface area contributed by atoms with E-state index in [-0.39, 0.29) is 30.7 Å². The molecule has 1 N–H and O–H groups in total. The first-order chi connectivity index (χ1) is 12.3. The third kappa shape index (κ3) is 5.23. The van der Waals surface area contributed by atoms with Gasteiger partial charge in [0.15, 0.2) is 5.76 Å². The third-order valence-corrected chi connectivity index (χ3v) is 5.03. The fourth-order valence-corrected chi connectivity index (χ4v) is 3.70. The molecule has 4 heterocycles. The summed E-state index contributed by atoms with van der Waals surface area (Å²) in [6, 6.07) is 3.38. The molecule has 0 aliphatic carbocycles. The SMILES string of the molecule is Cl.Cl.O=C(NCc1cncc2c1CCN(CC1CCOC1)C2)c1ccco1. The van der Waals surface area contributed by atoms with Crippen molar-refractivity contribution in [2.75, 3.05) is 26.3 Å². The lowest BCUT2D eigenvalue weighted by Crippen LogP contribution is -2.35. The van der Waals surface area contributed by atoms with E-state index in [4.69, 9.17) is 9.15 Å². The number of nitrogens with one attached hydrogen (secondary N) is 1. The highest BCUT2D eigenvalue weighted by Gasteiger charge is 2.24. The van der Waals surface area contributed by atoms with Gasteiger partial charge in [-0.1, -0.05) is 0 Å². The Labute approximate surface area is 171 Å². The number of carbonyl (C=O) groups excluding carboxylic acids is 1. The van der Waals surface area contributed by atoms with Gasteiger partial charge >= 0.3 is 0 Å². The maximum Gasteiger partial charge on any atom is 0.287 e. The fourth-order valence-electron chi connectivity index (χ4n) is 3.70. The van der Waals surface area contributed by atoms with Crippen LogP contribution in [0.25, 0.3) is 0 Å². The van der Waals surface area contributed by atoms with Crippen molar-refractivity contribution >= 4 is 30.7 Å². The van der Waals surface area contributed by atoms with Crippen LogP contribution in [0.3, 0.4) is 0 Å². The smallest absolute Gasteiger partial charge is 0.287 e. The van der Waals surface area contributed by atoms with Crippen LogP contribution in [-0.4, -0.2) is 42.1 Å². The number of hydrogen-bond acceptors (Lipinski definition) is 5. The summed E-state index contributed by atoms with van der Waals surface area (Å²) in [5.74, 6) is 0.800. The molecule has 1 amide bonds. The Morgan fingerprint density at radius 3 is 2.96 bits per heavy atom. The van der Waals surface area contributed by atoms with Crippen molar-refractivity contribution in [1.82, 2.24) is 15.2 Å². The number of aromatic nitrogens is 1. The van der Waals surface area contributed by atoms with Crippen molar-refractivity contribution in [1.29, 1.82) is 0 Å². The Balaban J connectivity index is 0.00000131. The Bertz CT molecular complexity index is 734. The topological polar surface area (TPSA) is 67.6 Å². The van der Waals surface area contributed by atoms with Crippen LogP contribution in [0.5, 0.6) is 0 Å². The molecule has 148 valence electrons. The largest absolute Gasteiger partial charge is 0.459 e. The molecule has 0 saturated carbocycles. The monoisotopic (exact) mass is 413 g/mol. The minimum atomic E-state index is -0.193. The lowest BCUT2D eigenvalue weighted by molar-refractivity contribution is 0.0923. The molecule has 2 aliphatic rings. The molecular weight excluding hydrogens is 389 g/mol. The summed E-state index contributed by atoms with van der Waals surface area (Å²) in [7, 11) is 0. The second kappa shape index (κ2) is 10.1. The standard InChI is InChI=1S/C19H23N3O3.2ClH/c23-19(18-2-1-6-25-18)21-10-15-8-20-9-16-12-22(5-3-17(15)16)11-14-4-7-24-13-14;;/h1-2,6,8-9,14H,3-5,7,10-13H2,(H,21,23);2*1H. The van der Waals surface area contributed by atoms with Crippen molar-refractivity contribution in [2.24, 2.45) is 5.92 Å². The van der Waals surface area contributed by atoms with Crippen LogP contribution in [0, 0.1) is 5.92 Å². The first kappa shape index (κ1) is 21.7. The number of furan rings is 1. The Kier molecular flexibility index (Phi) is 8.10. The molecule has 1 unspecified atom stereocenters. The summed E-state index contributed by atoms with van der Waals surface area (Å²) in [5.41, 5.74) is 3.70. The maximum absolute atomic E-state index is 12.0. The normalized spacial score (nSPS) is 18.9. The number of nitrogens with zero attached hydrogens (tertiary/aromatic N) is 2. The fraction of sp³-hybridized carbons (Fsp3) is 0.474. The molecule has 6 nitrogen and oxygen atoms in total. The Hall–Kier alpha value is -1.60. The molecule has 0 spiro atoms. The summed E-state index contributed by atoms with van der Waals surface area (Å²) in [5, 5.41) is 2.92. The molecule has 0 bridgehead atoms. The van der Waals surface area contributed by atoms with Crippen LogP contribution in [0.2, 0.25) is 0 Å². The van der Waals surface area contributed by atoms with Gasteiger partial charge in [-0.3, -0.25) is 14.7 Å². The molecule has 1 saturated heterocycles. The highest BCUT2D eigenvalue weighted by molar-refractivity contribution is 5.91. The lowest BCUT2D eigenvalue weighted by atomic mass is 9.96. The molecule has 2 aliphatic heterocycles. The number of hydrogen-bond donors (Lipinski definition) is 1. The van der Waals surface area contributed by atoms with Crippen molar-refractivity contribution in [3.63, 3.8) is 0 Å². The van der Waals surface area contributed by atoms with E-state index >= 15 is 0 Å². The number of ether oxygens (including phenoxy) is 1. The van der Waals surface area contributed by atoms with Gasteiger partial charge in [0.25, 0.3) is 5.91 Å². The van der Waals surface area contributed by atoms with E-state index in [1.807, 2.05) is 12.4 Å². The van der Waals surface area contributed by atoms with Crippen molar-refractivity contribution < 1.29 is 13.9 Å². The van der Waals surface area contributed by atoms with E-state index < -0.39 is 0 Å². The van der Waals surface area contributed by atoms with Gasteiger partial charge in [0.1, 0.15) is 0 Å². The van der Waals surface area contributed by atoms with E-state index in [0.717, 1.165) is 44.8 Å². The quantitative estimate of drug-likeness (QED) is 0.815. The number of rotatable bonds is 5. The first-order valence-electron chi connectivity index (χ1n) is 8.86. The Morgan fingerprint density at radius 2 is 2.22 bits per heavy atom. The molecule has 1 atom stereocenters. The molecule has 2 aromatic rings. The number of fused-ring (bicyclic) bond motifs is 1.